The third-order valence-electron chi connectivity index (χ3n) is 2.30. The normalized spacial score (nSPS) is 10.9. The topological polar surface area (TPSA) is 122 Å². The van der Waals surface area contributed by atoms with E-state index in [-0.39, 0.29) is 18.0 Å². The first-order valence-corrected chi connectivity index (χ1v) is 7.82. The molecule has 0 aliphatic heterocycles. The number of carboxylic acid groups (broad SMARTS) is 1. The Labute approximate surface area is 122 Å². The van der Waals surface area contributed by atoms with Gasteiger partial charge in [0.1, 0.15) is 6.61 Å². The molecule has 0 heterocycles. The standard InChI is InChI=1S/C12H16N2O6S/c1-21(18,19)10-4-2-9(3-5-10)14-12(17)13-6-7-20-8-11(15)16/h2-5H,6-8H2,1H3,(H,15,16)(H2,13,14,17). The zero-order valence-electron chi connectivity index (χ0n) is 11.3. The van der Waals surface area contributed by atoms with Crippen LogP contribution in [0.2, 0.25) is 0 Å². The van der Waals surface area contributed by atoms with E-state index in [0.29, 0.717) is 5.69 Å². The first kappa shape index (κ1) is 16.9. The quantitative estimate of drug-likeness (QED) is 0.622. The van der Waals surface area contributed by atoms with Crippen LogP contribution in [0.4, 0.5) is 10.5 Å². The van der Waals surface area contributed by atoms with Gasteiger partial charge in [0.15, 0.2) is 9.84 Å². The minimum atomic E-state index is -3.27. The summed E-state index contributed by atoms with van der Waals surface area (Å²) in [6.07, 6.45) is 1.10. The number of hydrogen-bond acceptors (Lipinski definition) is 5. The van der Waals surface area contributed by atoms with E-state index in [1.807, 2.05) is 0 Å². The van der Waals surface area contributed by atoms with E-state index in [1.165, 1.54) is 24.3 Å². The minimum Gasteiger partial charge on any atom is -0.480 e. The van der Waals surface area contributed by atoms with Crippen molar-refractivity contribution in [2.24, 2.45) is 0 Å². The van der Waals surface area contributed by atoms with Crippen LogP contribution in [0.15, 0.2) is 29.2 Å². The summed E-state index contributed by atoms with van der Waals surface area (Å²) in [6, 6.07) is 5.22. The highest BCUT2D eigenvalue weighted by atomic mass is 32.2. The van der Waals surface area contributed by atoms with Gasteiger partial charge in [-0.05, 0) is 24.3 Å². The average molecular weight is 316 g/mol. The number of aliphatic carboxylic acids is 1. The number of ether oxygens (including phenoxy) is 1. The van der Waals surface area contributed by atoms with Crippen LogP contribution >= 0.6 is 0 Å². The summed E-state index contributed by atoms with van der Waals surface area (Å²) in [5.41, 5.74) is 0.436. The van der Waals surface area contributed by atoms with Crippen LogP contribution in [0.3, 0.4) is 0 Å². The van der Waals surface area contributed by atoms with Gasteiger partial charge in [-0.25, -0.2) is 18.0 Å². The van der Waals surface area contributed by atoms with Gasteiger partial charge >= 0.3 is 12.0 Å². The molecule has 21 heavy (non-hydrogen) atoms. The molecule has 0 fully saturated rings. The molecule has 0 aliphatic carbocycles. The Balaban J connectivity index is 2.36. The van der Waals surface area contributed by atoms with Crippen LogP contribution in [-0.2, 0) is 19.4 Å². The molecule has 3 N–H and O–H groups in total. The molecule has 1 aromatic rings. The highest BCUT2D eigenvalue weighted by Crippen LogP contribution is 2.13. The molecule has 0 aromatic heterocycles. The predicted octanol–water partition coefficient (Wildman–Crippen LogP) is 0.313. The number of urea groups is 1. The number of amides is 2. The SMILES string of the molecule is CS(=O)(=O)c1ccc(NC(=O)NCCOCC(=O)O)cc1. The van der Waals surface area contributed by atoms with Gasteiger partial charge in [0.25, 0.3) is 0 Å². The maximum atomic E-state index is 11.5. The summed E-state index contributed by atoms with van der Waals surface area (Å²) in [5.74, 6) is -1.08. The molecular weight excluding hydrogens is 300 g/mol. The molecule has 2 amide bonds. The van der Waals surface area contributed by atoms with Crippen molar-refractivity contribution in [2.75, 3.05) is 31.3 Å². The highest BCUT2D eigenvalue weighted by molar-refractivity contribution is 7.90. The lowest BCUT2D eigenvalue weighted by molar-refractivity contribution is -0.142. The third-order valence-corrected chi connectivity index (χ3v) is 3.43. The third kappa shape index (κ3) is 6.72. The van der Waals surface area contributed by atoms with Crippen LogP contribution in [0, 0.1) is 0 Å². The van der Waals surface area contributed by atoms with E-state index >= 15 is 0 Å². The van der Waals surface area contributed by atoms with Gasteiger partial charge in [-0.3, -0.25) is 0 Å². The second kappa shape index (κ2) is 7.60. The van der Waals surface area contributed by atoms with E-state index in [1.54, 1.807) is 0 Å². The Kier molecular flexibility index (Phi) is 6.12. The fourth-order valence-electron chi connectivity index (χ4n) is 1.36. The first-order valence-electron chi connectivity index (χ1n) is 5.93. The van der Waals surface area contributed by atoms with Crippen molar-refractivity contribution >= 4 is 27.5 Å². The van der Waals surface area contributed by atoms with Crippen molar-refractivity contribution in [1.29, 1.82) is 0 Å². The van der Waals surface area contributed by atoms with Gasteiger partial charge in [-0.2, -0.15) is 0 Å². The zero-order chi connectivity index (χ0) is 15.9. The number of rotatable bonds is 7. The number of sulfone groups is 1. The van der Waals surface area contributed by atoms with E-state index < -0.39 is 28.4 Å². The number of hydrogen-bond donors (Lipinski definition) is 3. The number of anilines is 1. The molecule has 9 heteroatoms. The van der Waals surface area contributed by atoms with E-state index in [4.69, 9.17) is 9.84 Å². The van der Waals surface area contributed by atoms with Crippen LogP contribution in [0.5, 0.6) is 0 Å². The molecule has 0 saturated heterocycles. The Bertz CT molecular complexity index is 597. The van der Waals surface area contributed by atoms with Crippen LogP contribution in [0.25, 0.3) is 0 Å². The molecule has 0 radical (unpaired) electrons. The van der Waals surface area contributed by atoms with E-state index in [2.05, 4.69) is 10.6 Å². The molecule has 0 saturated carbocycles. The van der Waals surface area contributed by atoms with Gasteiger partial charge in [0.2, 0.25) is 0 Å². The summed E-state index contributed by atoms with van der Waals surface area (Å²) in [7, 11) is -3.27. The van der Waals surface area contributed by atoms with E-state index in [0.717, 1.165) is 6.26 Å². The Morgan fingerprint density at radius 2 is 1.86 bits per heavy atom. The van der Waals surface area contributed by atoms with Crippen LogP contribution in [0.1, 0.15) is 0 Å². The van der Waals surface area contributed by atoms with Gasteiger partial charge < -0.3 is 20.5 Å². The smallest absolute Gasteiger partial charge is 0.329 e. The molecule has 1 aromatic carbocycles. The molecule has 116 valence electrons. The molecule has 8 nitrogen and oxygen atoms in total. The maximum absolute atomic E-state index is 11.5. The average Bonchev–Trinajstić information content (AvgIpc) is 2.37. The Morgan fingerprint density at radius 3 is 2.38 bits per heavy atom. The van der Waals surface area contributed by atoms with Crippen molar-refractivity contribution in [1.82, 2.24) is 5.32 Å². The molecule has 0 spiro atoms. The van der Waals surface area contributed by atoms with Crippen molar-refractivity contribution in [2.45, 2.75) is 4.90 Å². The fraction of sp³-hybridized carbons (Fsp3) is 0.333. The predicted molar refractivity (Wildman–Crippen MR) is 75.0 cm³/mol. The zero-order valence-corrected chi connectivity index (χ0v) is 12.1. The monoisotopic (exact) mass is 316 g/mol. The van der Waals surface area contributed by atoms with Crippen molar-refractivity contribution < 1.29 is 27.9 Å². The largest absolute Gasteiger partial charge is 0.480 e. The van der Waals surface area contributed by atoms with Crippen LogP contribution in [-0.4, -0.2) is 51.5 Å². The molecule has 0 unspecified atom stereocenters. The molecule has 0 aliphatic rings. The molecule has 0 bridgehead atoms. The second-order valence-electron chi connectivity index (χ2n) is 4.12. The number of carboxylic acids is 1. The summed E-state index contributed by atoms with van der Waals surface area (Å²) >= 11 is 0. The molecule has 0 atom stereocenters. The van der Waals surface area contributed by atoms with E-state index in [9.17, 15) is 18.0 Å². The van der Waals surface area contributed by atoms with Gasteiger partial charge in [0, 0.05) is 18.5 Å². The molecule has 1 rings (SSSR count). The lowest BCUT2D eigenvalue weighted by Gasteiger charge is -2.08. The lowest BCUT2D eigenvalue weighted by atomic mass is 10.3. The number of benzene rings is 1. The van der Waals surface area contributed by atoms with Gasteiger partial charge in [-0.1, -0.05) is 0 Å². The minimum absolute atomic E-state index is 0.0761. The second-order valence-corrected chi connectivity index (χ2v) is 6.14. The Hall–Kier alpha value is -2.13. The number of carbonyl (C=O) groups excluding carboxylic acids is 1. The fourth-order valence-corrected chi connectivity index (χ4v) is 1.99. The summed E-state index contributed by atoms with van der Waals surface area (Å²) in [6.45, 7) is -0.191. The summed E-state index contributed by atoms with van der Waals surface area (Å²) in [5, 5.41) is 13.3. The van der Waals surface area contributed by atoms with Gasteiger partial charge in [0.05, 0.1) is 11.5 Å². The number of carbonyl (C=O) groups is 2. The van der Waals surface area contributed by atoms with Crippen molar-refractivity contribution in [3.63, 3.8) is 0 Å². The van der Waals surface area contributed by atoms with Gasteiger partial charge in [-0.15, -0.1) is 0 Å². The number of nitrogens with one attached hydrogen (secondary N) is 2. The summed E-state index contributed by atoms with van der Waals surface area (Å²) < 4.78 is 27.3. The first-order chi connectivity index (χ1) is 9.79. The lowest BCUT2D eigenvalue weighted by Crippen LogP contribution is -2.31. The van der Waals surface area contributed by atoms with Crippen LogP contribution < -0.4 is 10.6 Å². The van der Waals surface area contributed by atoms with Crippen molar-refractivity contribution in [3.05, 3.63) is 24.3 Å². The maximum Gasteiger partial charge on any atom is 0.329 e. The summed E-state index contributed by atoms with van der Waals surface area (Å²) in [4.78, 5) is 21.8. The Morgan fingerprint density at radius 1 is 1.24 bits per heavy atom. The highest BCUT2D eigenvalue weighted by Gasteiger charge is 2.07. The van der Waals surface area contributed by atoms with Crippen molar-refractivity contribution in [3.8, 4) is 0 Å². The molecular formula is C12H16N2O6S.